The van der Waals surface area contributed by atoms with Crippen LogP contribution in [0.4, 0.5) is 0 Å². The number of amides is 3. The number of carboxylic acid groups (broad SMARTS) is 1. The van der Waals surface area contributed by atoms with Gasteiger partial charge in [0.1, 0.15) is 12.6 Å². The zero-order valence-corrected chi connectivity index (χ0v) is 15.9. The van der Waals surface area contributed by atoms with Gasteiger partial charge in [0, 0.05) is 29.9 Å². The Hall–Kier alpha value is -3.01. The highest BCUT2D eigenvalue weighted by atomic mass is 32.1. The zero-order valence-electron chi connectivity index (χ0n) is 15.0. The monoisotopic (exact) mass is 406 g/mol. The molecule has 1 atom stereocenters. The molecule has 1 aromatic carbocycles. The van der Waals surface area contributed by atoms with Gasteiger partial charge < -0.3 is 26.0 Å². The van der Waals surface area contributed by atoms with Crippen molar-refractivity contribution in [1.82, 2.24) is 20.9 Å². The molecule has 28 heavy (non-hydrogen) atoms. The van der Waals surface area contributed by atoms with Crippen LogP contribution in [0.3, 0.4) is 0 Å². The van der Waals surface area contributed by atoms with E-state index in [4.69, 9.17) is 5.11 Å². The van der Waals surface area contributed by atoms with Crippen LogP contribution in [0.15, 0.2) is 30.5 Å². The fourth-order valence-corrected chi connectivity index (χ4v) is 2.83. The summed E-state index contributed by atoms with van der Waals surface area (Å²) in [5.41, 5.74) is 1.68. The van der Waals surface area contributed by atoms with Crippen molar-refractivity contribution in [2.75, 3.05) is 18.8 Å². The van der Waals surface area contributed by atoms with Crippen LogP contribution in [0.25, 0.3) is 10.9 Å². The van der Waals surface area contributed by atoms with Gasteiger partial charge >= 0.3 is 5.97 Å². The molecule has 9 nitrogen and oxygen atoms in total. The molecule has 0 aliphatic rings. The summed E-state index contributed by atoms with van der Waals surface area (Å²) >= 11 is 3.94. The molecule has 2 rings (SSSR count). The van der Waals surface area contributed by atoms with E-state index < -0.39 is 30.4 Å². The van der Waals surface area contributed by atoms with Crippen LogP contribution in [-0.2, 0) is 25.6 Å². The lowest BCUT2D eigenvalue weighted by atomic mass is 10.0. The second-order valence-electron chi connectivity index (χ2n) is 6.05. The average Bonchev–Trinajstić information content (AvgIpc) is 3.07. The molecule has 1 unspecified atom stereocenters. The number of nitrogens with one attached hydrogen (secondary N) is 4. The number of carbonyl (C=O) groups is 4. The summed E-state index contributed by atoms with van der Waals surface area (Å²) in [4.78, 5) is 49.8. The van der Waals surface area contributed by atoms with Gasteiger partial charge in [-0.25, -0.2) is 0 Å². The van der Waals surface area contributed by atoms with Gasteiger partial charge in [0.05, 0.1) is 6.54 Å². The number of hydrogen-bond donors (Lipinski definition) is 6. The van der Waals surface area contributed by atoms with Crippen LogP contribution in [-0.4, -0.2) is 58.7 Å². The Bertz CT molecular complexity index is 867. The van der Waals surface area contributed by atoms with Crippen LogP contribution < -0.4 is 16.0 Å². The average molecular weight is 406 g/mol. The first-order valence-corrected chi connectivity index (χ1v) is 9.25. The van der Waals surface area contributed by atoms with E-state index >= 15 is 0 Å². The Morgan fingerprint density at radius 3 is 2.54 bits per heavy atom. The second kappa shape index (κ2) is 10.4. The molecule has 0 saturated heterocycles. The standard InChI is InChI=1S/C18H22N4O5S/c23-15(5-6-28)20-9-16(24)22-14(18(27)21-10-17(25)26)7-11-8-19-13-4-2-1-3-12(11)13/h1-4,8,14,19,28H,5-7,9-10H2,(H,20,23)(H,21,27)(H,22,24)(H,25,26). The Balaban J connectivity index is 2.08. The number of fused-ring (bicyclic) bond motifs is 1. The number of aromatic nitrogens is 1. The number of carboxylic acids is 1. The maximum Gasteiger partial charge on any atom is 0.322 e. The predicted molar refractivity (Wildman–Crippen MR) is 106 cm³/mol. The van der Waals surface area contributed by atoms with E-state index in [2.05, 4.69) is 33.6 Å². The van der Waals surface area contributed by atoms with Crippen LogP contribution in [0, 0.1) is 0 Å². The molecule has 0 radical (unpaired) electrons. The highest BCUT2D eigenvalue weighted by molar-refractivity contribution is 7.80. The van der Waals surface area contributed by atoms with E-state index in [1.54, 1.807) is 6.20 Å². The van der Waals surface area contributed by atoms with E-state index in [9.17, 15) is 19.2 Å². The number of carbonyl (C=O) groups excluding carboxylic acids is 3. The van der Waals surface area contributed by atoms with E-state index in [1.807, 2.05) is 24.3 Å². The van der Waals surface area contributed by atoms with Gasteiger partial charge in [0.15, 0.2) is 0 Å². The van der Waals surface area contributed by atoms with Crippen molar-refractivity contribution in [1.29, 1.82) is 0 Å². The third-order valence-corrected chi connectivity index (χ3v) is 4.17. The SMILES string of the molecule is O=C(O)CNC(=O)C(Cc1c[nH]c2ccccc12)NC(=O)CNC(=O)CCS. The van der Waals surface area contributed by atoms with Crippen molar-refractivity contribution in [3.63, 3.8) is 0 Å². The Morgan fingerprint density at radius 1 is 1.07 bits per heavy atom. The minimum Gasteiger partial charge on any atom is -0.480 e. The summed E-state index contributed by atoms with van der Waals surface area (Å²) in [5, 5.41) is 16.9. The van der Waals surface area contributed by atoms with Crippen LogP contribution >= 0.6 is 12.6 Å². The molecule has 0 aliphatic carbocycles. The van der Waals surface area contributed by atoms with Gasteiger partial charge in [-0.15, -0.1) is 0 Å². The zero-order chi connectivity index (χ0) is 20.5. The van der Waals surface area contributed by atoms with Crippen LogP contribution in [0.1, 0.15) is 12.0 Å². The third-order valence-electron chi connectivity index (χ3n) is 3.95. The third kappa shape index (κ3) is 6.31. The van der Waals surface area contributed by atoms with Crippen molar-refractivity contribution in [2.24, 2.45) is 0 Å². The first-order chi connectivity index (χ1) is 13.4. The molecular formula is C18H22N4O5S. The van der Waals surface area contributed by atoms with E-state index in [0.717, 1.165) is 16.5 Å². The number of rotatable bonds is 10. The van der Waals surface area contributed by atoms with Gasteiger partial charge in [-0.1, -0.05) is 18.2 Å². The summed E-state index contributed by atoms with van der Waals surface area (Å²) in [6, 6.07) is 6.50. The van der Waals surface area contributed by atoms with Gasteiger partial charge in [0.2, 0.25) is 17.7 Å². The predicted octanol–water partition coefficient (Wildman–Crippen LogP) is -0.168. The van der Waals surface area contributed by atoms with Gasteiger partial charge in [0.25, 0.3) is 0 Å². The number of aromatic amines is 1. The molecule has 0 bridgehead atoms. The lowest BCUT2D eigenvalue weighted by molar-refractivity contribution is -0.138. The van der Waals surface area contributed by atoms with Crippen LogP contribution in [0.2, 0.25) is 0 Å². The lowest BCUT2D eigenvalue weighted by Crippen LogP contribution is -2.51. The molecule has 150 valence electrons. The number of thiol groups is 1. The number of benzene rings is 1. The second-order valence-corrected chi connectivity index (χ2v) is 6.49. The summed E-state index contributed by atoms with van der Waals surface area (Å²) < 4.78 is 0. The molecule has 5 N–H and O–H groups in total. The summed E-state index contributed by atoms with van der Waals surface area (Å²) in [6.07, 6.45) is 2.07. The summed E-state index contributed by atoms with van der Waals surface area (Å²) in [7, 11) is 0. The maximum absolute atomic E-state index is 12.4. The first kappa shape index (κ1) is 21.3. The van der Waals surface area contributed by atoms with Gasteiger partial charge in [-0.05, 0) is 17.4 Å². The lowest BCUT2D eigenvalue weighted by Gasteiger charge is -2.18. The fourth-order valence-electron chi connectivity index (χ4n) is 2.63. The first-order valence-electron chi connectivity index (χ1n) is 8.62. The van der Waals surface area contributed by atoms with Crippen molar-refractivity contribution in [3.05, 3.63) is 36.0 Å². The fraction of sp³-hybridized carbons (Fsp3) is 0.333. The molecule has 0 aliphatic heterocycles. The van der Waals surface area contributed by atoms with Crippen molar-refractivity contribution in [2.45, 2.75) is 18.9 Å². The smallest absolute Gasteiger partial charge is 0.322 e. The Labute approximate surface area is 166 Å². The number of hydrogen-bond acceptors (Lipinski definition) is 5. The van der Waals surface area contributed by atoms with Crippen molar-refractivity contribution >= 4 is 47.2 Å². The van der Waals surface area contributed by atoms with Crippen molar-refractivity contribution < 1.29 is 24.3 Å². The Morgan fingerprint density at radius 2 is 1.82 bits per heavy atom. The molecular weight excluding hydrogens is 384 g/mol. The van der Waals surface area contributed by atoms with E-state index in [1.165, 1.54) is 0 Å². The van der Waals surface area contributed by atoms with Crippen molar-refractivity contribution in [3.8, 4) is 0 Å². The molecule has 1 aromatic heterocycles. The molecule has 10 heteroatoms. The van der Waals surface area contributed by atoms with Gasteiger partial charge in [-0.2, -0.15) is 12.6 Å². The number of para-hydroxylation sites is 1. The summed E-state index contributed by atoms with van der Waals surface area (Å²) in [6.45, 7) is -0.846. The molecule has 0 fully saturated rings. The van der Waals surface area contributed by atoms with E-state index in [-0.39, 0.29) is 25.3 Å². The number of H-pyrrole nitrogens is 1. The molecule has 3 amide bonds. The van der Waals surface area contributed by atoms with E-state index in [0.29, 0.717) is 5.75 Å². The minimum atomic E-state index is -1.19. The quantitative estimate of drug-likeness (QED) is 0.304. The molecule has 0 spiro atoms. The topological polar surface area (TPSA) is 140 Å². The summed E-state index contributed by atoms with van der Waals surface area (Å²) in [5.74, 6) is -2.34. The highest BCUT2D eigenvalue weighted by Gasteiger charge is 2.23. The Kier molecular flexibility index (Phi) is 7.88. The normalized spacial score (nSPS) is 11.6. The molecule has 2 aromatic rings. The number of aliphatic carboxylic acids is 1. The highest BCUT2D eigenvalue weighted by Crippen LogP contribution is 2.19. The largest absolute Gasteiger partial charge is 0.480 e. The van der Waals surface area contributed by atoms with Gasteiger partial charge in [-0.3, -0.25) is 19.2 Å². The minimum absolute atomic E-state index is 0.159. The molecule has 1 heterocycles. The molecule has 0 saturated carbocycles. The van der Waals surface area contributed by atoms with Crippen LogP contribution in [0.5, 0.6) is 0 Å². The maximum atomic E-state index is 12.4.